The summed E-state index contributed by atoms with van der Waals surface area (Å²) < 4.78 is 6.36. The van der Waals surface area contributed by atoms with Crippen molar-refractivity contribution in [2.75, 3.05) is 25.2 Å². The zero-order valence-electron chi connectivity index (χ0n) is 11.5. The van der Waals surface area contributed by atoms with E-state index in [1.54, 1.807) is 7.11 Å². The molecule has 0 saturated heterocycles. The molecule has 1 aliphatic rings. The number of hydrogen-bond acceptors (Lipinski definition) is 2. The third kappa shape index (κ3) is 3.87. The molecule has 106 valence electrons. The Hall–Kier alpha value is -0.250. The number of methoxy groups -OCH3 is 1. The van der Waals surface area contributed by atoms with E-state index in [0.717, 1.165) is 23.5 Å². The number of rotatable bonds is 7. The second kappa shape index (κ2) is 6.96. The molecule has 0 N–H and O–H groups in total. The molecule has 1 fully saturated rings. The van der Waals surface area contributed by atoms with Crippen molar-refractivity contribution in [3.05, 3.63) is 28.2 Å². The van der Waals surface area contributed by atoms with Gasteiger partial charge in [-0.25, -0.2) is 0 Å². The topological polar surface area (TPSA) is 12.5 Å². The van der Waals surface area contributed by atoms with E-state index in [1.165, 1.54) is 24.1 Å². The highest BCUT2D eigenvalue weighted by Gasteiger charge is 2.32. The lowest BCUT2D eigenvalue weighted by Gasteiger charge is -2.33. The Balaban J connectivity index is 2.27. The summed E-state index contributed by atoms with van der Waals surface area (Å²) in [6.45, 7) is 3.96. The van der Waals surface area contributed by atoms with Crippen LogP contribution in [0.2, 0.25) is 0 Å². The van der Waals surface area contributed by atoms with E-state index in [2.05, 4.69) is 46.0 Å². The van der Waals surface area contributed by atoms with Crippen LogP contribution in [0.15, 0.2) is 22.7 Å². The van der Waals surface area contributed by atoms with E-state index >= 15 is 0 Å². The lowest BCUT2D eigenvalue weighted by molar-refractivity contribution is 0.202. The summed E-state index contributed by atoms with van der Waals surface area (Å²) in [5, 5.41) is 0. The molecule has 1 saturated carbocycles. The van der Waals surface area contributed by atoms with Gasteiger partial charge in [0.1, 0.15) is 0 Å². The Morgan fingerprint density at radius 2 is 2.21 bits per heavy atom. The highest BCUT2D eigenvalue weighted by atomic mass is 79.9. The molecule has 1 aliphatic carbocycles. The Labute approximate surface area is 129 Å². The minimum atomic E-state index is 0.545. The molecular formula is C15H21BrClNO. The Bertz CT molecular complexity index is 423. The van der Waals surface area contributed by atoms with Crippen LogP contribution >= 0.6 is 27.5 Å². The standard InChI is InChI=1S/C15H21BrClNO/c1-11(12-3-4-12)18(7-8-19-2)15-9-14(16)6-5-13(15)10-17/h5-6,9,11-12H,3-4,7-8,10H2,1-2H3. The van der Waals surface area contributed by atoms with Gasteiger partial charge in [0.15, 0.2) is 0 Å². The van der Waals surface area contributed by atoms with E-state index < -0.39 is 0 Å². The zero-order valence-corrected chi connectivity index (χ0v) is 13.9. The maximum Gasteiger partial charge on any atom is 0.0637 e. The van der Waals surface area contributed by atoms with Crippen LogP contribution in [0.25, 0.3) is 0 Å². The first-order valence-electron chi connectivity index (χ1n) is 6.77. The SMILES string of the molecule is COCCN(c1cc(Br)ccc1CCl)C(C)C1CC1. The van der Waals surface area contributed by atoms with Crippen LogP contribution in [0.4, 0.5) is 5.69 Å². The average Bonchev–Trinajstić information content (AvgIpc) is 3.23. The molecule has 1 aromatic carbocycles. The summed E-state index contributed by atoms with van der Waals surface area (Å²) in [5.74, 6) is 1.36. The fourth-order valence-electron chi connectivity index (χ4n) is 2.48. The molecule has 0 heterocycles. The molecule has 0 radical (unpaired) electrons. The smallest absolute Gasteiger partial charge is 0.0637 e. The fourth-order valence-corrected chi connectivity index (χ4v) is 3.06. The van der Waals surface area contributed by atoms with Gasteiger partial charge in [-0.1, -0.05) is 22.0 Å². The average molecular weight is 347 g/mol. The first-order chi connectivity index (χ1) is 9.17. The second-order valence-corrected chi connectivity index (χ2v) is 6.35. The van der Waals surface area contributed by atoms with E-state index in [9.17, 15) is 0 Å². The molecule has 2 rings (SSSR count). The van der Waals surface area contributed by atoms with Crippen LogP contribution in [-0.4, -0.2) is 26.3 Å². The lowest BCUT2D eigenvalue weighted by atomic mass is 10.1. The molecule has 19 heavy (non-hydrogen) atoms. The van der Waals surface area contributed by atoms with E-state index in [-0.39, 0.29) is 0 Å². The predicted octanol–water partition coefficient (Wildman–Crippen LogP) is 4.44. The number of benzene rings is 1. The molecule has 1 unspecified atom stereocenters. The predicted molar refractivity (Wildman–Crippen MR) is 85.1 cm³/mol. The maximum absolute atomic E-state index is 6.09. The van der Waals surface area contributed by atoms with Gasteiger partial charge < -0.3 is 9.64 Å². The summed E-state index contributed by atoms with van der Waals surface area (Å²) in [6, 6.07) is 6.88. The number of halogens is 2. The number of ether oxygens (including phenoxy) is 1. The summed E-state index contributed by atoms with van der Waals surface area (Å²) in [4.78, 5) is 2.45. The van der Waals surface area contributed by atoms with Crippen molar-refractivity contribution in [2.45, 2.75) is 31.7 Å². The van der Waals surface area contributed by atoms with Gasteiger partial charge in [-0.3, -0.25) is 0 Å². The fraction of sp³-hybridized carbons (Fsp3) is 0.600. The molecule has 0 spiro atoms. The molecular weight excluding hydrogens is 326 g/mol. The number of hydrogen-bond donors (Lipinski definition) is 0. The first kappa shape index (κ1) is 15.1. The molecule has 0 bridgehead atoms. The minimum Gasteiger partial charge on any atom is -0.383 e. The number of anilines is 1. The van der Waals surface area contributed by atoms with E-state index in [4.69, 9.17) is 16.3 Å². The molecule has 1 aromatic rings. The summed E-state index contributed by atoms with van der Waals surface area (Å²) >= 11 is 9.65. The van der Waals surface area contributed by atoms with Crippen LogP contribution < -0.4 is 4.90 Å². The molecule has 4 heteroatoms. The normalized spacial score (nSPS) is 16.4. The Morgan fingerprint density at radius 3 is 2.79 bits per heavy atom. The van der Waals surface area contributed by atoms with Gasteiger partial charge in [0.05, 0.1) is 6.61 Å². The van der Waals surface area contributed by atoms with Crippen molar-refractivity contribution in [3.8, 4) is 0 Å². The van der Waals surface area contributed by atoms with Crippen molar-refractivity contribution in [2.24, 2.45) is 5.92 Å². The highest BCUT2D eigenvalue weighted by molar-refractivity contribution is 9.10. The monoisotopic (exact) mass is 345 g/mol. The summed E-state index contributed by atoms with van der Waals surface area (Å²) in [5.41, 5.74) is 2.43. The third-order valence-electron chi connectivity index (χ3n) is 3.83. The molecule has 2 nitrogen and oxygen atoms in total. The lowest BCUT2D eigenvalue weighted by Crippen LogP contribution is -2.37. The van der Waals surface area contributed by atoms with Gasteiger partial charge in [0.25, 0.3) is 0 Å². The maximum atomic E-state index is 6.09. The minimum absolute atomic E-state index is 0.545. The van der Waals surface area contributed by atoms with Crippen LogP contribution in [0.3, 0.4) is 0 Å². The van der Waals surface area contributed by atoms with Crippen LogP contribution in [0, 0.1) is 5.92 Å². The van der Waals surface area contributed by atoms with E-state index in [1.807, 2.05) is 0 Å². The van der Waals surface area contributed by atoms with Crippen molar-refractivity contribution >= 4 is 33.2 Å². The third-order valence-corrected chi connectivity index (χ3v) is 4.61. The Morgan fingerprint density at radius 1 is 1.47 bits per heavy atom. The highest BCUT2D eigenvalue weighted by Crippen LogP contribution is 2.38. The Kier molecular flexibility index (Phi) is 5.55. The van der Waals surface area contributed by atoms with Gasteiger partial charge in [0, 0.05) is 35.7 Å². The number of nitrogens with zero attached hydrogens (tertiary/aromatic N) is 1. The van der Waals surface area contributed by atoms with Crippen molar-refractivity contribution in [1.82, 2.24) is 0 Å². The van der Waals surface area contributed by atoms with Crippen LogP contribution in [-0.2, 0) is 10.6 Å². The van der Waals surface area contributed by atoms with Gasteiger partial charge in [-0.2, -0.15) is 0 Å². The van der Waals surface area contributed by atoms with Crippen LogP contribution in [0.5, 0.6) is 0 Å². The molecule has 0 aliphatic heterocycles. The zero-order chi connectivity index (χ0) is 13.8. The van der Waals surface area contributed by atoms with Gasteiger partial charge in [-0.15, -0.1) is 11.6 Å². The quantitative estimate of drug-likeness (QED) is 0.677. The first-order valence-corrected chi connectivity index (χ1v) is 8.10. The van der Waals surface area contributed by atoms with Crippen molar-refractivity contribution in [1.29, 1.82) is 0 Å². The molecule has 0 aromatic heterocycles. The second-order valence-electron chi connectivity index (χ2n) is 5.17. The van der Waals surface area contributed by atoms with Crippen molar-refractivity contribution in [3.63, 3.8) is 0 Å². The summed E-state index contributed by atoms with van der Waals surface area (Å²) in [7, 11) is 1.75. The summed E-state index contributed by atoms with van der Waals surface area (Å²) in [6.07, 6.45) is 2.68. The molecule has 1 atom stereocenters. The largest absolute Gasteiger partial charge is 0.383 e. The van der Waals surface area contributed by atoms with Gasteiger partial charge in [0.2, 0.25) is 0 Å². The van der Waals surface area contributed by atoms with Gasteiger partial charge in [-0.05, 0) is 43.4 Å². The van der Waals surface area contributed by atoms with Crippen LogP contribution in [0.1, 0.15) is 25.3 Å². The van der Waals surface area contributed by atoms with Gasteiger partial charge >= 0.3 is 0 Å². The molecule has 0 amide bonds. The number of alkyl halides is 1. The van der Waals surface area contributed by atoms with E-state index in [0.29, 0.717) is 11.9 Å². The van der Waals surface area contributed by atoms with Crippen molar-refractivity contribution < 1.29 is 4.74 Å².